The smallest absolute Gasteiger partial charge is 0.0413 e. The van der Waals surface area contributed by atoms with E-state index in [0.29, 0.717) is 0 Å². The van der Waals surface area contributed by atoms with Gasteiger partial charge in [0.15, 0.2) is 0 Å². The van der Waals surface area contributed by atoms with Crippen LogP contribution in [0.3, 0.4) is 0 Å². The molecule has 0 saturated heterocycles. The van der Waals surface area contributed by atoms with Gasteiger partial charge in [-0.1, -0.05) is 91.0 Å². The molecule has 0 N–H and O–H groups in total. The van der Waals surface area contributed by atoms with E-state index in [9.17, 15) is 0 Å². The lowest BCUT2D eigenvalue weighted by atomic mass is 10.1. The quantitative estimate of drug-likeness (QED) is 0.296. The van der Waals surface area contributed by atoms with Crippen LogP contribution in [0.5, 0.6) is 0 Å². The second-order valence-electron chi connectivity index (χ2n) is 4.94. The van der Waals surface area contributed by atoms with Gasteiger partial charge >= 0.3 is 0 Å². The van der Waals surface area contributed by atoms with Crippen LogP contribution in [-0.2, 0) is 0 Å². The third-order valence-corrected chi connectivity index (χ3v) is 5.49. The molecule has 0 bridgehead atoms. The van der Waals surface area contributed by atoms with Crippen molar-refractivity contribution in [2.24, 2.45) is 0 Å². The van der Waals surface area contributed by atoms with Crippen LogP contribution in [0.4, 0.5) is 0 Å². The minimum atomic E-state index is 1.03. The van der Waals surface area contributed by atoms with Gasteiger partial charge in [0.2, 0.25) is 0 Å². The molecule has 0 atom stereocenters. The standard InChI is InChI=1S/C15H32Si/c1-4-7-8-9-10-11-12-13-14-16-15(5-2)6-3/h15H,4-14H2,1-3H3. The molecule has 2 radical (unpaired) electrons. The van der Waals surface area contributed by atoms with Gasteiger partial charge in [0.25, 0.3) is 0 Å². The summed E-state index contributed by atoms with van der Waals surface area (Å²) in [6, 6.07) is 1.50. The fourth-order valence-electron chi connectivity index (χ4n) is 2.14. The summed E-state index contributed by atoms with van der Waals surface area (Å²) in [5.74, 6) is 0. The van der Waals surface area contributed by atoms with Crippen LogP contribution in [0.25, 0.3) is 0 Å². The van der Waals surface area contributed by atoms with Crippen LogP contribution in [0.15, 0.2) is 0 Å². The third-order valence-electron chi connectivity index (χ3n) is 3.45. The second-order valence-corrected chi connectivity index (χ2v) is 6.67. The van der Waals surface area contributed by atoms with Crippen molar-refractivity contribution in [3.05, 3.63) is 0 Å². The predicted octanol–water partition coefficient (Wildman–Crippen LogP) is 5.86. The molecule has 0 unspecified atom stereocenters. The summed E-state index contributed by atoms with van der Waals surface area (Å²) in [4.78, 5) is 0. The van der Waals surface area contributed by atoms with E-state index in [4.69, 9.17) is 0 Å². The van der Waals surface area contributed by atoms with Gasteiger partial charge < -0.3 is 0 Å². The van der Waals surface area contributed by atoms with Crippen LogP contribution in [0.2, 0.25) is 11.6 Å². The Kier molecular flexibility index (Phi) is 13.5. The van der Waals surface area contributed by atoms with Gasteiger partial charge in [0, 0.05) is 9.52 Å². The van der Waals surface area contributed by atoms with E-state index in [1.54, 1.807) is 0 Å². The Balaban J connectivity index is 3.03. The van der Waals surface area contributed by atoms with E-state index >= 15 is 0 Å². The predicted molar refractivity (Wildman–Crippen MR) is 77.5 cm³/mol. The van der Waals surface area contributed by atoms with Crippen molar-refractivity contribution in [3.8, 4) is 0 Å². The molecule has 0 nitrogen and oxygen atoms in total. The highest BCUT2D eigenvalue weighted by molar-refractivity contribution is 6.37. The van der Waals surface area contributed by atoms with Gasteiger partial charge in [-0.3, -0.25) is 0 Å². The number of hydrogen-bond donors (Lipinski definition) is 0. The van der Waals surface area contributed by atoms with E-state index in [2.05, 4.69) is 20.8 Å². The van der Waals surface area contributed by atoms with Crippen LogP contribution < -0.4 is 0 Å². The molecule has 1 heteroatoms. The molecule has 0 saturated carbocycles. The van der Waals surface area contributed by atoms with Gasteiger partial charge in [0.05, 0.1) is 0 Å². The number of rotatable bonds is 12. The SMILES string of the molecule is CCCCCCCCCC[Si]C(CC)CC. The highest BCUT2D eigenvalue weighted by Crippen LogP contribution is 2.17. The Bertz CT molecular complexity index is 119. The molecular formula is C15H32Si. The van der Waals surface area contributed by atoms with Crippen molar-refractivity contribution >= 4 is 9.52 Å². The first-order valence-electron chi connectivity index (χ1n) is 7.58. The summed E-state index contributed by atoms with van der Waals surface area (Å²) >= 11 is 0. The van der Waals surface area contributed by atoms with Crippen LogP contribution in [-0.4, -0.2) is 9.52 Å². The first-order chi connectivity index (χ1) is 7.85. The molecule has 0 aromatic carbocycles. The highest BCUT2D eigenvalue weighted by atomic mass is 28.2. The number of hydrogen-bond acceptors (Lipinski definition) is 0. The Morgan fingerprint density at radius 2 is 1.19 bits per heavy atom. The van der Waals surface area contributed by atoms with Gasteiger partial charge in [-0.2, -0.15) is 0 Å². The van der Waals surface area contributed by atoms with Crippen molar-refractivity contribution in [2.45, 2.75) is 96.6 Å². The fraction of sp³-hybridized carbons (Fsp3) is 1.00. The molecule has 0 rings (SSSR count). The first-order valence-corrected chi connectivity index (χ1v) is 8.86. The van der Waals surface area contributed by atoms with Crippen molar-refractivity contribution in [1.82, 2.24) is 0 Å². The molecule has 0 heterocycles. The Morgan fingerprint density at radius 1 is 0.688 bits per heavy atom. The minimum Gasteiger partial charge on any atom is -0.0654 e. The molecule has 0 aliphatic heterocycles. The van der Waals surface area contributed by atoms with Gasteiger partial charge in [-0.15, -0.1) is 0 Å². The van der Waals surface area contributed by atoms with E-state index in [-0.39, 0.29) is 0 Å². The fourth-order valence-corrected chi connectivity index (χ4v) is 3.58. The average molecular weight is 241 g/mol. The maximum absolute atomic E-state index is 2.34. The summed E-state index contributed by atoms with van der Waals surface area (Å²) < 4.78 is 0. The molecule has 0 amide bonds. The second kappa shape index (κ2) is 13.3. The van der Waals surface area contributed by atoms with Gasteiger partial charge in [0.1, 0.15) is 0 Å². The maximum atomic E-state index is 2.34. The molecular weight excluding hydrogens is 208 g/mol. The van der Waals surface area contributed by atoms with Gasteiger partial charge in [-0.25, -0.2) is 0 Å². The maximum Gasteiger partial charge on any atom is 0.0413 e. The molecule has 96 valence electrons. The van der Waals surface area contributed by atoms with Crippen molar-refractivity contribution in [2.75, 3.05) is 0 Å². The number of unbranched alkanes of at least 4 members (excludes halogenated alkanes) is 7. The minimum absolute atomic E-state index is 1.03. The zero-order chi connectivity index (χ0) is 12.1. The average Bonchev–Trinajstić information content (AvgIpc) is 2.32. The molecule has 0 aliphatic carbocycles. The summed E-state index contributed by atoms with van der Waals surface area (Å²) in [6.45, 7) is 6.97. The van der Waals surface area contributed by atoms with E-state index in [0.717, 1.165) is 5.54 Å². The van der Waals surface area contributed by atoms with E-state index < -0.39 is 0 Å². The Hall–Kier alpha value is 0.217. The lowest BCUT2D eigenvalue weighted by Gasteiger charge is -2.10. The lowest BCUT2D eigenvalue weighted by molar-refractivity contribution is 0.584. The van der Waals surface area contributed by atoms with Crippen molar-refractivity contribution in [1.29, 1.82) is 0 Å². The highest BCUT2D eigenvalue weighted by Gasteiger charge is 2.03. The van der Waals surface area contributed by atoms with Crippen LogP contribution in [0.1, 0.15) is 85.0 Å². The molecule has 0 aliphatic rings. The van der Waals surface area contributed by atoms with Crippen molar-refractivity contribution < 1.29 is 0 Å². The molecule has 0 spiro atoms. The van der Waals surface area contributed by atoms with E-state index in [1.165, 1.54) is 79.8 Å². The van der Waals surface area contributed by atoms with Crippen LogP contribution >= 0.6 is 0 Å². The third kappa shape index (κ3) is 10.7. The van der Waals surface area contributed by atoms with Crippen molar-refractivity contribution in [3.63, 3.8) is 0 Å². The summed E-state index contributed by atoms with van der Waals surface area (Å²) in [7, 11) is 1.24. The normalized spacial score (nSPS) is 11.2. The summed E-state index contributed by atoms with van der Waals surface area (Å²) in [5, 5.41) is 0. The topological polar surface area (TPSA) is 0 Å². The van der Waals surface area contributed by atoms with Crippen LogP contribution in [0, 0.1) is 0 Å². The molecule has 0 aromatic rings. The van der Waals surface area contributed by atoms with E-state index in [1.807, 2.05) is 0 Å². The first kappa shape index (κ1) is 16.2. The molecule has 0 aromatic heterocycles. The zero-order valence-corrected chi connectivity index (χ0v) is 12.9. The summed E-state index contributed by atoms with van der Waals surface area (Å²) in [6.07, 6.45) is 14.5. The monoisotopic (exact) mass is 240 g/mol. The molecule has 16 heavy (non-hydrogen) atoms. The summed E-state index contributed by atoms with van der Waals surface area (Å²) in [5.41, 5.74) is 1.03. The largest absolute Gasteiger partial charge is 0.0654 e. The zero-order valence-electron chi connectivity index (χ0n) is 11.9. The lowest BCUT2D eigenvalue weighted by Crippen LogP contribution is -2.00. The molecule has 0 fully saturated rings. The Labute approximate surface area is 106 Å². The Morgan fingerprint density at radius 3 is 1.69 bits per heavy atom. The van der Waals surface area contributed by atoms with Gasteiger partial charge in [-0.05, 0) is 5.54 Å².